The summed E-state index contributed by atoms with van der Waals surface area (Å²) in [4.78, 5) is 22.0. The summed E-state index contributed by atoms with van der Waals surface area (Å²) in [7, 11) is 0. The minimum absolute atomic E-state index is 0.0644. The van der Waals surface area contributed by atoms with Crippen LogP contribution in [0.25, 0.3) is 0 Å². The Hall–Kier alpha value is -1.42. The van der Waals surface area contributed by atoms with Crippen molar-refractivity contribution in [2.24, 2.45) is 0 Å². The van der Waals surface area contributed by atoms with Crippen LogP contribution in [0.4, 0.5) is 0 Å². The smallest absolute Gasteiger partial charge is 0.341 e. The summed E-state index contributed by atoms with van der Waals surface area (Å²) in [5.74, 6) is -1.60. The minimum Gasteiger partial charge on any atom is -0.393 e. The zero-order valence-corrected chi connectivity index (χ0v) is 8.37. The molecular weight excluding hydrogens is 184 g/mol. The van der Waals surface area contributed by atoms with E-state index in [9.17, 15) is 9.59 Å². The third-order valence-electron chi connectivity index (χ3n) is 1.36. The summed E-state index contributed by atoms with van der Waals surface area (Å²) in [6.07, 6.45) is -0.600. The van der Waals surface area contributed by atoms with E-state index in [4.69, 9.17) is 5.11 Å². The fourth-order valence-electron chi connectivity index (χ4n) is 0.683. The van der Waals surface area contributed by atoms with Crippen LogP contribution in [0.2, 0.25) is 0 Å². The van der Waals surface area contributed by atoms with Crippen LogP contribution < -0.4 is 0 Å². The van der Waals surface area contributed by atoms with Gasteiger partial charge in [-0.3, -0.25) is 0 Å². The number of esters is 2. The standard InChI is InChI=1S/C10H14O4/c1-6(2)9(12)14-10(13)7(3)5-8(4)11/h8,11H,1,3,5H2,2,4H3. The second-order valence-corrected chi connectivity index (χ2v) is 3.11. The molecule has 0 aliphatic rings. The summed E-state index contributed by atoms with van der Waals surface area (Å²) in [5.41, 5.74) is 0.206. The van der Waals surface area contributed by atoms with Crippen molar-refractivity contribution in [2.75, 3.05) is 0 Å². The van der Waals surface area contributed by atoms with Gasteiger partial charge in [-0.2, -0.15) is 0 Å². The van der Waals surface area contributed by atoms with Gasteiger partial charge in [0.2, 0.25) is 0 Å². The predicted octanol–water partition coefficient (Wildman–Crippen LogP) is 0.959. The number of ether oxygens (including phenoxy) is 1. The molecule has 1 atom stereocenters. The van der Waals surface area contributed by atoms with Gasteiger partial charge in [-0.1, -0.05) is 13.2 Å². The molecule has 0 aliphatic carbocycles. The molecule has 14 heavy (non-hydrogen) atoms. The monoisotopic (exact) mass is 198 g/mol. The Balaban J connectivity index is 4.16. The van der Waals surface area contributed by atoms with Crippen molar-refractivity contribution in [3.05, 3.63) is 24.3 Å². The van der Waals surface area contributed by atoms with Gasteiger partial charge >= 0.3 is 11.9 Å². The second kappa shape index (κ2) is 5.34. The van der Waals surface area contributed by atoms with Crippen molar-refractivity contribution >= 4 is 11.9 Å². The van der Waals surface area contributed by atoms with Gasteiger partial charge in [-0.05, 0) is 13.8 Å². The molecule has 1 unspecified atom stereocenters. The molecular formula is C10H14O4. The molecule has 0 aromatic heterocycles. The molecule has 0 saturated heterocycles. The molecule has 0 fully saturated rings. The molecule has 4 heteroatoms. The minimum atomic E-state index is -0.820. The number of aliphatic hydroxyl groups excluding tert-OH is 1. The molecule has 0 saturated carbocycles. The molecule has 1 N–H and O–H groups in total. The van der Waals surface area contributed by atoms with E-state index in [-0.39, 0.29) is 17.6 Å². The van der Waals surface area contributed by atoms with Gasteiger partial charge in [0.15, 0.2) is 0 Å². The third-order valence-corrected chi connectivity index (χ3v) is 1.36. The van der Waals surface area contributed by atoms with Crippen molar-refractivity contribution < 1.29 is 19.4 Å². The van der Waals surface area contributed by atoms with Gasteiger partial charge in [0.25, 0.3) is 0 Å². The molecule has 0 aromatic carbocycles. The predicted molar refractivity (Wildman–Crippen MR) is 51.4 cm³/mol. The first-order valence-corrected chi connectivity index (χ1v) is 4.12. The molecule has 4 nitrogen and oxygen atoms in total. The highest BCUT2D eigenvalue weighted by Gasteiger charge is 2.15. The number of carbonyl (C=O) groups is 2. The van der Waals surface area contributed by atoms with Gasteiger partial charge in [-0.25, -0.2) is 9.59 Å². The summed E-state index contributed by atoms with van der Waals surface area (Å²) in [5, 5.41) is 8.94. The van der Waals surface area contributed by atoms with Gasteiger partial charge in [0.05, 0.1) is 6.10 Å². The first-order chi connectivity index (χ1) is 6.34. The van der Waals surface area contributed by atoms with E-state index in [2.05, 4.69) is 17.9 Å². The highest BCUT2D eigenvalue weighted by Crippen LogP contribution is 2.06. The lowest BCUT2D eigenvalue weighted by molar-refractivity contribution is -0.154. The Bertz CT molecular complexity index is 276. The highest BCUT2D eigenvalue weighted by molar-refractivity contribution is 6.01. The molecule has 0 bridgehead atoms. The normalized spacial score (nSPS) is 11.6. The summed E-state index contributed by atoms with van der Waals surface area (Å²) in [6.45, 7) is 9.66. The van der Waals surface area contributed by atoms with E-state index < -0.39 is 18.0 Å². The van der Waals surface area contributed by atoms with E-state index in [1.165, 1.54) is 13.8 Å². The maximum atomic E-state index is 11.1. The Labute approximate surface area is 82.9 Å². The maximum absolute atomic E-state index is 11.1. The zero-order chi connectivity index (χ0) is 11.3. The van der Waals surface area contributed by atoms with Crippen molar-refractivity contribution in [2.45, 2.75) is 26.4 Å². The van der Waals surface area contributed by atoms with E-state index in [1.807, 2.05) is 0 Å². The number of aliphatic hydroxyl groups is 1. The summed E-state index contributed by atoms with van der Waals surface area (Å²) in [6, 6.07) is 0. The molecule has 0 heterocycles. The first-order valence-electron chi connectivity index (χ1n) is 4.12. The van der Waals surface area contributed by atoms with Gasteiger partial charge in [0.1, 0.15) is 0 Å². The van der Waals surface area contributed by atoms with Crippen LogP contribution in [0.5, 0.6) is 0 Å². The van der Waals surface area contributed by atoms with Crippen LogP contribution >= 0.6 is 0 Å². The lowest BCUT2D eigenvalue weighted by Gasteiger charge is -2.06. The average Bonchev–Trinajstić information content (AvgIpc) is 2.02. The van der Waals surface area contributed by atoms with E-state index >= 15 is 0 Å². The molecule has 78 valence electrons. The largest absolute Gasteiger partial charge is 0.393 e. The number of carbonyl (C=O) groups excluding carboxylic acids is 2. The zero-order valence-electron chi connectivity index (χ0n) is 8.37. The van der Waals surface area contributed by atoms with Gasteiger partial charge in [0, 0.05) is 17.6 Å². The molecule has 0 aliphatic heterocycles. The van der Waals surface area contributed by atoms with Crippen molar-refractivity contribution in [1.29, 1.82) is 0 Å². The number of hydrogen-bond acceptors (Lipinski definition) is 4. The summed E-state index contributed by atoms with van der Waals surface area (Å²) < 4.78 is 4.39. The van der Waals surface area contributed by atoms with Gasteiger partial charge in [-0.15, -0.1) is 0 Å². The second-order valence-electron chi connectivity index (χ2n) is 3.11. The van der Waals surface area contributed by atoms with Crippen LogP contribution in [0.3, 0.4) is 0 Å². The third kappa shape index (κ3) is 4.57. The van der Waals surface area contributed by atoms with Crippen LogP contribution in [0.1, 0.15) is 20.3 Å². The highest BCUT2D eigenvalue weighted by atomic mass is 16.6. The van der Waals surface area contributed by atoms with E-state index in [1.54, 1.807) is 0 Å². The molecule has 0 aromatic rings. The fraction of sp³-hybridized carbons (Fsp3) is 0.400. The lowest BCUT2D eigenvalue weighted by atomic mass is 10.1. The Morgan fingerprint density at radius 3 is 2.21 bits per heavy atom. The number of hydrogen-bond donors (Lipinski definition) is 1. The van der Waals surface area contributed by atoms with Crippen LogP contribution in [-0.2, 0) is 14.3 Å². The first kappa shape index (κ1) is 12.6. The number of rotatable bonds is 4. The van der Waals surface area contributed by atoms with Crippen molar-refractivity contribution in [3.8, 4) is 0 Å². The van der Waals surface area contributed by atoms with Crippen molar-refractivity contribution in [1.82, 2.24) is 0 Å². The van der Waals surface area contributed by atoms with E-state index in [0.717, 1.165) is 0 Å². The Morgan fingerprint density at radius 1 is 1.36 bits per heavy atom. The van der Waals surface area contributed by atoms with Gasteiger partial charge < -0.3 is 9.84 Å². The molecule has 0 rings (SSSR count). The topological polar surface area (TPSA) is 63.6 Å². The molecule has 0 radical (unpaired) electrons. The molecule has 0 amide bonds. The van der Waals surface area contributed by atoms with Crippen LogP contribution in [-0.4, -0.2) is 23.1 Å². The van der Waals surface area contributed by atoms with Crippen LogP contribution in [0, 0.1) is 0 Å². The van der Waals surface area contributed by atoms with Crippen molar-refractivity contribution in [3.63, 3.8) is 0 Å². The quantitative estimate of drug-likeness (QED) is 0.415. The Kier molecular flexibility index (Phi) is 4.80. The molecule has 0 spiro atoms. The van der Waals surface area contributed by atoms with Crippen LogP contribution in [0.15, 0.2) is 24.3 Å². The average molecular weight is 198 g/mol. The summed E-state index contributed by atoms with van der Waals surface area (Å²) >= 11 is 0. The maximum Gasteiger partial charge on any atom is 0.341 e. The SMILES string of the molecule is C=C(C)C(=O)OC(=O)C(=C)CC(C)O. The Morgan fingerprint density at radius 2 is 1.86 bits per heavy atom. The van der Waals surface area contributed by atoms with E-state index in [0.29, 0.717) is 0 Å². The fourth-order valence-corrected chi connectivity index (χ4v) is 0.683. The lowest BCUT2D eigenvalue weighted by Crippen LogP contribution is -2.16.